The minimum Gasteiger partial charge on any atom is -0.494 e. The second kappa shape index (κ2) is 5.65. The number of rotatable bonds is 3. The molecule has 0 saturated carbocycles. The third-order valence-corrected chi connectivity index (χ3v) is 4.11. The molecule has 3 aromatic heterocycles. The molecular formula is C13H12N6O3S. The molecule has 3 rings (SSSR count). The number of hydrogen-bond acceptors (Lipinski definition) is 8. The smallest absolute Gasteiger partial charge is 0.333 e. The number of nitrogens with zero attached hydrogens (tertiary/aromatic N) is 5. The van der Waals surface area contributed by atoms with Crippen LogP contribution in [0.1, 0.15) is 5.56 Å². The lowest BCUT2D eigenvalue weighted by Crippen LogP contribution is -2.38. The van der Waals surface area contributed by atoms with E-state index >= 15 is 0 Å². The second-order valence-electron chi connectivity index (χ2n) is 4.67. The van der Waals surface area contributed by atoms with Crippen molar-refractivity contribution in [3.8, 4) is 5.88 Å². The Hall–Kier alpha value is -3.01. The Kier molecular flexibility index (Phi) is 3.66. The van der Waals surface area contributed by atoms with Crippen molar-refractivity contribution in [2.45, 2.75) is 0 Å². The molecule has 0 fully saturated rings. The zero-order valence-corrected chi connectivity index (χ0v) is 13.0. The van der Waals surface area contributed by atoms with Gasteiger partial charge >= 0.3 is 5.69 Å². The highest BCUT2D eigenvalue weighted by molar-refractivity contribution is 7.16. The van der Waals surface area contributed by atoms with Gasteiger partial charge in [0.25, 0.3) is 5.56 Å². The Bertz CT molecular complexity index is 1030. The first-order valence-electron chi connectivity index (χ1n) is 6.47. The third kappa shape index (κ3) is 2.48. The molecule has 2 N–H and O–H groups in total. The van der Waals surface area contributed by atoms with Crippen molar-refractivity contribution >= 4 is 33.6 Å². The first-order chi connectivity index (χ1) is 11.0. The Morgan fingerprint density at radius 1 is 1.30 bits per heavy atom. The maximum atomic E-state index is 12.0. The normalized spacial score (nSPS) is 11.4. The number of aromatic hydroxyl groups is 1. The van der Waals surface area contributed by atoms with E-state index in [1.165, 1.54) is 31.8 Å². The number of hydrogen-bond donors (Lipinski definition) is 2. The van der Waals surface area contributed by atoms with Crippen LogP contribution in [0.2, 0.25) is 0 Å². The van der Waals surface area contributed by atoms with Gasteiger partial charge in [0.1, 0.15) is 16.7 Å². The van der Waals surface area contributed by atoms with Gasteiger partial charge < -0.3 is 5.11 Å². The topological polar surface area (TPSA) is 114 Å². The van der Waals surface area contributed by atoms with E-state index in [4.69, 9.17) is 0 Å². The molecule has 0 atom stereocenters. The van der Waals surface area contributed by atoms with Crippen molar-refractivity contribution in [3.05, 3.63) is 44.2 Å². The molecule has 3 heterocycles. The lowest BCUT2D eigenvalue weighted by molar-refractivity contribution is 0.410. The number of thiophene rings is 1. The molecule has 9 nitrogen and oxygen atoms in total. The second-order valence-corrected chi connectivity index (χ2v) is 5.57. The molecule has 3 aromatic rings. The molecule has 0 bridgehead atoms. The fraction of sp³-hybridized carbons (Fsp3) is 0.154. The van der Waals surface area contributed by atoms with Gasteiger partial charge in [-0.3, -0.25) is 19.4 Å². The van der Waals surface area contributed by atoms with Gasteiger partial charge in [-0.25, -0.2) is 14.8 Å². The molecule has 10 heteroatoms. The van der Waals surface area contributed by atoms with Gasteiger partial charge in [-0.1, -0.05) is 0 Å². The van der Waals surface area contributed by atoms with E-state index in [2.05, 4.69) is 20.5 Å². The van der Waals surface area contributed by atoms with Crippen molar-refractivity contribution < 1.29 is 5.11 Å². The first kappa shape index (κ1) is 14.9. The van der Waals surface area contributed by atoms with E-state index in [1.54, 1.807) is 0 Å². The molecule has 0 aliphatic carbocycles. The van der Waals surface area contributed by atoms with Crippen LogP contribution in [0.4, 0.5) is 5.82 Å². The van der Waals surface area contributed by atoms with Crippen LogP contribution < -0.4 is 16.7 Å². The summed E-state index contributed by atoms with van der Waals surface area (Å²) >= 11 is 1.47. The largest absolute Gasteiger partial charge is 0.494 e. The molecule has 0 unspecified atom stereocenters. The number of nitrogens with one attached hydrogen (secondary N) is 1. The van der Waals surface area contributed by atoms with E-state index in [0.717, 1.165) is 25.6 Å². The molecule has 118 valence electrons. The van der Waals surface area contributed by atoms with E-state index in [0.29, 0.717) is 5.82 Å². The summed E-state index contributed by atoms with van der Waals surface area (Å²) in [5, 5.41) is 16.5. The maximum Gasteiger partial charge on any atom is 0.333 e. The molecular weight excluding hydrogens is 320 g/mol. The van der Waals surface area contributed by atoms with Gasteiger partial charge in [-0.15, -0.1) is 11.3 Å². The van der Waals surface area contributed by atoms with Crippen molar-refractivity contribution in [3.63, 3.8) is 0 Å². The molecule has 0 aromatic carbocycles. The third-order valence-electron chi connectivity index (χ3n) is 3.29. The standard InChI is InChI=1S/C13H12N6O3S/c1-18-11(20)8(12(21)19(2)13(18)22)5-16-17-9-7-3-4-23-10(7)15-6-14-9/h3-6,20H,1-2H3,(H,14,15,17)/b16-5+. The summed E-state index contributed by atoms with van der Waals surface area (Å²) in [6, 6.07) is 1.85. The summed E-state index contributed by atoms with van der Waals surface area (Å²) < 4.78 is 1.85. The summed E-state index contributed by atoms with van der Waals surface area (Å²) in [6.07, 6.45) is 2.55. The highest BCUT2D eigenvalue weighted by Gasteiger charge is 2.13. The summed E-state index contributed by atoms with van der Waals surface area (Å²) in [4.78, 5) is 32.7. The summed E-state index contributed by atoms with van der Waals surface area (Å²) in [5.74, 6) is 0.0284. The SMILES string of the molecule is Cn1c(O)c(/C=N/Nc2ncnc3sccc23)c(=O)n(C)c1=O. The van der Waals surface area contributed by atoms with Gasteiger partial charge in [-0.2, -0.15) is 5.10 Å². The number of fused-ring (bicyclic) bond motifs is 1. The Morgan fingerprint density at radius 3 is 2.87 bits per heavy atom. The quantitative estimate of drug-likeness (QED) is 0.524. The Balaban J connectivity index is 1.97. The van der Waals surface area contributed by atoms with Crippen molar-refractivity contribution in [1.82, 2.24) is 19.1 Å². The van der Waals surface area contributed by atoms with Crippen LogP contribution in [0.5, 0.6) is 5.88 Å². The predicted octanol–water partition coefficient (Wildman–Crippen LogP) is 0.240. The van der Waals surface area contributed by atoms with E-state index in [1.807, 2.05) is 11.4 Å². The highest BCUT2D eigenvalue weighted by Crippen LogP contribution is 2.23. The predicted molar refractivity (Wildman–Crippen MR) is 87.2 cm³/mol. The Morgan fingerprint density at radius 2 is 2.09 bits per heavy atom. The molecule has 0 radical (unpaired) electrons. The lowest BCUT2D eigenvalue weighted by atomic mass is 10.3. The zero-order chi connectivity index (χ0) is 16.6. The van der Waals surface area contributed by atoms with Crippen LogP contribution in [0, 0.1) is 0 Å². The first-order valence-corrected chi connectivity index (χ1v) is 7.35. The van der Waals surface area contributed by atoms with Gasteiger partial charge in [0.15, 0.2) is 5.82 Å². The average molecular weight is 332 g/mol. The molecule has 0 saturated heterocycles. The number of hydrazone groups is 1. The Labute approximate surface area is 133 Å². The fourth-order valence-corrected chi connectivity index (χ4v) is 2.74. The van der Waals surface area contributed by atoms with Crippen LogP contribution >= 0.6 is 11.3 Å². The lowest BCUT2D eigenvalue weighted by Gasteiger charge is -2.07. The minimum atomic E-state index is -0.639. The average Bonchev–Trinajstić information content (AvgIpc) is 3.03. The van der Waals surface area contributed by atoms with Crippen molar-refractivity contribution in [2.24, 2.45) is 19.2 Å². The molecule has 23 heavy (non-hydrogen) atoms. The fourth-order valence-electron chi connectivity index (χ4n) is 2.01. The molecule has 0 aliphatic heterocycles. The van der Waals surface area contributed by atoms with Crippen LogP contribution in [0.15, 0.2) is 32.5 Å². The maximum absolute atomic E-state index is 12.0. The monoisotopic (exact) mass is 332 g/mol. The van der Waals surface area contributed by atoms with Gasteiger partial charge in [-0.05, 0) is 11.4 Å². The molecule has 0 spiro atoms. The van der Waals surface area contributed by atoms with Crippen molar-refractivity contribution in [2.75, 3.05) is 5.43 Å². The number of aromatic nitrogens is 4. The van der Waals surface area contributed by atoms with Gasteiger partial charge in [0.2, 0.25) is 5.88 Å². The zero-order valence-electron chi connectivity index (χ0n) is 12.2. The van der Waals surface area contributed by atoms with E-state index in [9.17, 15) is 14.7 Å². The van der Waals surface area contributed by atoms with Gasteiger partial charge in [0, 0.05) is 14.1 Å². The van der Waals surface area contributed by atoms with Crippen LogP contribution in [-0.4, -0.2) is 30.4 Å². The molecule has 0 aliphatic rings. The van der Waals surface area contributed by atoms with Crippen LogP contribution in [-0.2, 0) is 14.1 Å². The number of anilines is 1. The summed E-state index contributed by atoms with van der Waals surface area (Å²) in [5.41, 5.74) is 1.35. The van der Waals surface area contributed by atoms with Crippen LogP contribution in [0.3, 0.4) is 0 Å². The summed E-state index contributed by atoms with van der Waals surface area (Å²) in [7, 11) is 2.69. The van der Waals surface area contributed by atoms with Crippen LogP contribution in [0.25, 0.3) is 10.2 Å². The minimum absolute atomic E-state index is 0.0993. The van der Waals surface area contributed by atoms with Gasteiger partial charge in [0.05, 0.1) is 11.6 Å². The van der Waals surface area contributed by atoms with E-state index < -0.39 is 17.1 Å². The van der Waals surface area contributed by atoms with Crippen molar-refractivity contribution in [1.29, 1.82) is 0 Å². The summed E-state index contributed by atoms with van der Waals surface area (Å²) in [6.45, 7) is 0. The molecule has 0 amide bonds. The van der Waals surface area contributed by atoms with E-state index in [-0.39, 0.29) is 5.56 Å². The highest BCUT2D eigenvalue weighted by atomic mass is 32.1.